The minimum atomic E-state index is 0.0235. The van der Waals surface area contributed by atoms with Crippen molar-refractivity contribution in [2.45, 2.75) is 12.8 Å². The molecule has 6 nitrogen and oxygen atoms in total. The molecule has 2 aromatic rings. The van der Waals surface area contributed by atoms with Crippen LogP contribution in [0.3, 0.4) is 0 Å². The van der Waals surface area contributed by atoms with Gasteiger partial charge in [-0.25, -0.2) is 0 Å². The van der Waals surface area contributed by atoms with Crippen molar-refractivity contribution in [2.75, 3.05) is 37.7 Å². The van der Waals surface area contributed by atoms with E-state index in [0.717, 1.165) is 11.4 Å². The molecule has 0 aliphatic carbocycles. The van der Waals surface area contributed by atoms with Crippen LogP contribution in [0.15, 0.2) is 48.7 Å². The first-order chi connectivity index (χ1) is 13.2. The molecule has 2 aliphatic heterocycles. The summed E-state index contributed by atoms with van der Waals surface area (Å²) in [4.78, 5) is 33.1. The van der Waals surface area contributed by atoms with Gasteiger partial charge in [0.1, 0.15) is 0 Å². The molecule has 2 saturated heterocycles. The average molecular weight is 365 g/mol. The van der Waals surface area contributed by atoms with Crippen molar-refractivity contribution in [2.24, 2.45) is 5.92 Å². The summed E-state index contributed by atoms with van der Waals surface area (Å²) in [6, 6.07) is 13.4. The molecular formula is C21H23N3O3. The summed E-state index contributed by atoms with van der Waals surface area (Å²) in [7, 11) is 0. The van der Waals surface area contributed by atoms with Crippen LogP contribution < -0.4 is 4.90 Å². The number of anilines is 1. The summed E-state index contributed by atoms with van der Waals surface area (Å²) >= 11 is 0. The van der Waals surface area contributed by atoms with Gasteiger partial charge >= 0.3 is 0 Å². The number of rotatable bonds is 4. The largest absolute Gasteiger partial charge is 0.378 e. The fourth-order valence-electron chi connectivity index (χ4n) is 3.74. The third-order valence-electron chi connectivity index (χ3n) is 5.13. The standard InChI is InChI=1S/C21H23N3O3/c25-20-13-16(15-24(20)19-4-2-1-3-5-19)12-18-14-17(6-7-22-18)21(26)23-8-10-27-11-9-23/h1-7,14,16H,8-13,15H2. The van der Waals surface area contributed by atoms with E-state index in [1.807, 2.05) is 46.2 Å². The quantitative estimate of drug-likeness (QED) is 0.833. The Bertz CT molecular complexity index is 818. The molecule has 6 heteroatoms. The molecule has 1 aromatic heterocycles. The number of hydrogen-bond acceptors (Lipinski definition) is 4. The van der Waals surface area contributed by atoms with Gasteiger partial charge in [-0.2, -0.15) is 0 Å². The molecule has 2 aliphatic rings. The molecular weight excluding hydrogens is 342 g/mol. The fourth-order valence-corrected chi connectivity index (χ4v) is 3.74. The third-order valence-corrected chi connectivity index (χ3v) is 5.13. The highest BCUT2D eigenvalue weighted by Crippen LogP contribution is 2.27. The zero-order valence-corrected chi connectivity index (χ0v) is 15.2. The summed E-state index contributed by atoms with van der Waals surface area (Å²) in [5.74, 6) is 0.376. The normalized spacial score (nSPS) is 20.1. The molecule has 1 atom stereocenters. The number of nitrogens with zero attached hydrogens (tertiary/aromatic N) is 3. The number of aromatic nitrogens is 1. The number of carbonyl (C=O) groups is 2. The molecule has 2 fully saturated rings. The summed E-state index contributed by atoms with van der Waals surface area (Å²) in [6.45, 7) is 3.11. The average Bonchev–Trinajstić information content (AvgIpc) is 3.09. The predicted octanol–water partition coefficient (Wildman–Crippen LogP) is 2.15. The molecule has 0 bridgehead atoms. The van der Waals surface area contributed by atoms with E-state index in [0.29, 0.717) is 51.3 Å². The topological polar surface area (TPSA) is 62.7 Å². The molecule has 0 N–H and O–H groups in total. The van der Waals surface area contributed by atoms with Gasteiger partial charge < -0.3 is 14.5 Å². The lowest BCUT2D eigenvalue weighted by Crippen LogP contribution is -2.40. The van der Waals surface area contributed by atoms with E-state index in [-0.39, 0.29) is 17.7 Å². The molecule has 4 rings (SSSR count). The SMILES string of the molecule is O=C(c1ccnc(CC2CC(=O)N(c3ccccc3)C2)c1)N1CCOCC1. The van der Waals surface area contributed by atoms with E-state index >= 15 is 0 Å². The van der Waals surface area contributed by atoms with Crippen LogP contribution in [0, 0.1) is 5.92 Å². The molecule has 0 radical (unpaired) electrons. The van der Waals surface area contributed by atoms with Crippen molar-refractivity contribution in [1.82, 2.24) is 9.88 Å². The smallest absolute Gasteiger partial charge is 0.254 e. The fraction of sp³-hybridized carbons (Fsp3) is 0.381. The lowest BCUT2D eigenvalue weighted by molar-refractivity contribution is -0.117. The number of ether oxygens (including phenoxy) is 1. The van der Waals surface area contributed by atoms with E-state index < -0.39 is 0 Å². The highest BCUT2D eigenvalue weighted by atomic mass is 16.5. The maximum absolute atomic E-state index is 12.7. The number of hydrogen-bond donors (Lipinski definition) is 0. The second kappa shape index (κ2) is 7.88. The van der Waals surface area contributed by atoms with Crippen LogP contribution in [0.2, 0.25) is 0 Å². The van der Waals surface area contributed by atoms with Crippen LogP contribution in [0.1, 0.15) is 22.5 Å². The molecule has 1 unspecified atom stereocenters. The minimum absolute atomic E-state index is 0.0235. The highest BCUT2D eigenvalue weighted by molar-refractivity contribution is 5.96. The Labute approximate surface area is 158 Å². The van der Waals surface area contributed by atoms with Crippen LogP contribution in [-0.2, 0) is 16.0 Å². The third kappa shape index (κ3) is 4.01. The second-order valence-electron chi connectivity index (χ2n) is 7.05. The van der Waals surface area contributed by atoms with Crippen LogP contribution in [0.4, 0.5) is 5.69 Å². The van der Waals surface area contributed by atoms with E-state index in [1.54, 1.807) is 12.3 Å². The van der Waals surface area contributed by atoms with Crippen molar-refractivity contribution in [3.63, 3.8) is 0 Å². The molecule has 27 heavy (non-hydrogen) atoms. The minimum Gasteiger partial charge on any atom is -0.378 e. The Hall–Kier alpha value is -2.73. The molecule has 1 aromatic carbocycles. The first kappa shape index (κ1) is 17.7. The van der Waals surface area contributed by atoms with Crippen molar-refractivity contribution in [3.05, 3.63) is 59.9 Å². The molecule has 3 heterocycles. The first-order valence-electron chi connectivity index (χ1n) is 9.38. The van der Waals surface area contributed by atoms with Gasteiger partial charge in [0.25, 0.3) is 5.91 Å². The van der Waals surface area contributed by atoms with E-state index in [9.17, 15) is 9.59 Å². The van der Waals surface area contributed by atoms with Gasteiger partial charge in [-0.15, -0.1) is 0 Å². The van der Waals surface area contributed by atoms with Gasteiger partial charge in [0.2, 0.25) is 5.91 Å². The van der Waals surface area contributed by atoms with E-state index in [1.165, 1.54) is 0 Å². The summed E-state index contributed by atoms with van der Waals surface area (Å²) < 4.78 is 5.31. The lowest BCUT2D eigenvalue weighted by Gasteiger charge is -2.27. The van der Waals surface area contributed by atoms with Crippen molar-refractivity contribution >= 4 is 17.5 Å². The van der Waals surface area contributed by atoms with Crippen LogP contribution >= 0.6 is 0 Å². The summed E-state index contributed by atoms with van der Waals surface area (Å²) in [5, 5.41) is 0. The van der Waals surface area contributed by atoms with Crippen LogP contribution in [0.25, 0.3) is 0 Å². The Morgan fingerprint density at radius 1 is 1.15 bits per heavy atom. The monoisotopic (exact) mass is 365 g/mol. The van der Waals surface area contributed by atoms with Crippen molar-refractivity contribution in [3.8, 4) is 0 Å². The number of amides is 2. The number of benzene rings is 1. The predicted molar refractivity (Wildman–Crippen MR) is 102 cm³/mol. The number of pyridine rings is 1. The Morgan fingerprint density at radius 2 is 1.93 bits per heavy atom. The number of morpholine rings is 1. The Balaban J connectivity index is 1.43. The van der Waals surface area contributed by atoms with Crippen LogP contribution in [-0.4, -0.2) is 54.5 Å². The van der Waals surface area contributed by atoms with Gasteiger partial charge in [0.15, 0.2) is 0 Å². The summed E-state index contributed by atoms with van der Waals surface area (Å²) in [5.41, 5.74) is 2.46. The van der Waals surface area contributed by atoms with Gasteiger partial charge in [-0.05, 0) is 36.6 Å². The number of para-hydroxylation sites is 1. The molecule has 2 amide bonds. The van der Waals surface area contributed by atoms with Crippen molar-refractivity contribution in [1.29, 1.82) is 0 Å². The Morgan fingerprint density at radius 3 is 2.70 bits per heavy atom. The zero-order valence-electron chi connectivity index (χ0n) is 15.2. The van der Waals surface area contributed by atoms with Gasteiger partial charge in [0, 0.05) is 49.2 Å². The maximum Gasteiger partial charge on any atom is 0.254 e. The number of carbonyl (C=O) groups excluding carboxylic acids is 2. The van der Waals surface area contributed by atoms with Crippen molar-refractivity contribution < 1.29 is 14.3 Å². The molecule has 0 spiro atoms. The highest BCUT2D eigenvalue weighted by Gasteiger charge is 2.31. The van der Waals surface area contributed by atoms with Crippen LogP contribution in [0.5, 0.6) is 0 Å². The zero-order chi connectivity index (χ0) is 18.6. The second-order valence-corrected chi connectivity index (χ2v) is 7.05. The summed E-state index contributed by atoms with van der Waals surface area (Å²) in [6.07, 6.45) is 2.90. The van der Waals surface area contributed by atoms with Gasteiger partial charge in [-0.3, -0.25) is 14.6 Å². The van der Waals surface area contributed by atoms with Gasteiger partial charge in [-0.1, -0.05) is 18.2 Å². The van der Waals surface area contributed by atoms with E-state index in [4.69, 9.17) is 4.74 Å². The Kier molecular flexibility index (Phi) is 5.16. The first-order valence-corrected chi connectivity index (χ1v) is 9.38. The van der Waals surface area contributed by atoms with Gasteiger partial charge in [0.05, 0.1) is 13.2 Å². The molecule has 140 valence electrons. The maximum atomic E-state index is 12.7. The lowest BCUT2D eigenvalue weighted by atomic mass is 10.0. The molecule has 0 saturated carbocycles. The van der Waals surface area contributed by atoms with E-state index in [2.05, 4.69) is 4.98 Å².